The predicted molar refractivity (Wildman–Crippen MR) is 86.5 cm³/mol. The fourth-order valence-electron chi connectivity index (χ4n) is 3.58. The van der Waals surface area contributed by atoms with Gasteiger partial charge < -0.3 is 9.42 Å². The van der Waals surface area contributed by atoms with E-state index in [1.807, 2.05) is 17.9 Å². The number of rotatable bonds is 3. The molecule has 1 atom stereocenters. The third-order valence-corrected chi connectivity index (χ3v) is 5.21. The molecule has 3 heterocycles. The highest BCUT2D eigenvalue weighted by atomic mass is 16.5. The van der Waals surface area contributed by atoms with Crippen LogP contribution in [0.5, 0.6) is 0 Å². The van der Waals surface area contributed by atoms with Crippen molar-refractivity contribution in [2.24, 2.45) is 7.05 Å². The second kappa shape index (κ2) is 5.43. The molecule has 1 unspecified atom stereocenters. The fourth-order valence-corrected chi connectivity index (χ4v) is 3.58. The molecule has 7 heteroatoms. The van der Waals surface area contributed by atoms with Crippen molar-refractivity contribution in [3.05, 3.63) is 29.2 Å². The van der Waals surface area contributed by atoms with Crippen LogP contribution in [-0.4, -0.2) is 37.3 Å². The Labute approximate surface area is 141 Å². The van der Waals surface area contributed by atoms with E-state index in [1.54, 1.807) is 11.7 Å². The first-order chi connectivity index (χ1) is 11.5. The van der Waals surface area contributed by atoms with Gasteiger partial charge in [-0.3, -0.25) is 9.48 Å². The highest BCUT2D eigenvalue weighted by Gasteiger charge is 2.44. The average molecular weight is 329 g/mol. The summed E-state index contributed by atoms with van der Waals surface area (Å²) in [4.78, 5) is 19.7. The maximum absolute atomic E-state index is 13.2. The van der Waals surface area contributed by atoms with Crippen LogP contribution in [0.3, 0.4) is 0 Å². The van der Waals surface area contributed by atoms with Crippen LogP contribution in [0.25, 0.3) is 0 Å². The summed E-state index contributed by atoms with van der Waals surface area (Å²) in [5.74, 6) is 1.76. The number of aryl methyl sites for hydroxylation is 2. The summed E-state index contributed by atoms with van der Waals surface area (Å²) in [6.07, 6.45) is 5.13. The second-order valence-corrected chi connectivity index (χ2v) is 7.21. The fraction of sp³-hybridized carbons (Fsp3) is 0.647. The van der Waals surface area contributed by atoms with E-state index >= 15 is 0 Å². The van der Waals surface area contributed by atoms with Crippen LogP contribution in [-0.2, 0) is 12.6 Å². The van der Waals surface area contributed by atoms with Crippen molar-refractivity contribution in [3.8, 4) is 0 Å². The molecule has 0 radical (unpaired) electrons. The Bertz CT molecular complexity index is 776. The summed E-state index contributed by atoms with van der Waals surface area (Å²) in [5.41, 5.74) is 0.922. The van der Waals surface area contributed by atoms with Crippen molar-refractivity contribution < 1.29 is 9.32 Å². The zero-order valence-electron chi connectivity index (χ0n) is 14.4. The first kappa shape index (κ1) is 15.4. The van der Waals surface area contributed by atoms with Crippen molar-refractivity contribution in [1.29, 1.82) is 0 Å². The Balaban J connectivity index is 1.68. The van der Waals surface area contributed by atoms with Crippen LogP contribution in [0, 0.1) is 6.92 Å². The summed E-state index contributed by atoms with van der Waals surface area (Å²) in [6, 6.07) is 1.84. The van der Waals surface area contributed by atoms with Crippen LogP contribution >= 0.6 is 0 Å². The molecular formula is C17H23N5O2. The largest absolute Gasteiger partial charge is 0.339 e. The molecule has 1 amide bonds. The number of hydrogen-bond acceptors (Lipinski definition) is 5. The van der Waals surface area contributed by atoms with E-state index in [0.29, 0.717) is 24.0 Å². The number of carbonyl (C=O) groups is 1. The summed E-state index contributed by atoms with van der Waals surface area (Å²) >= 11 is 0. The van der Waals surface area contributed by atoms with Gasteiger partial charge in [0.1, 0.15) is 11.2 Å². The molecule has 1 aliphatic heterocycles. The molecule has 128 valence electrons. The molecule has 0 aromatic carbocycles. The lowest BCUT2D eigenvalue weighted by molar-refractivity contribution is 0.0314. The Morgan fingerprint density at radius 2 is 2.17 bits per heavy atom. The maximum atomic E-state index is 13.2. The van der Waals surface area contributed by atoms with E-state index in [9.17, 15) is 4.79 Å². The number of likely N-dealkylation sites (tertiary alicyclic amines) is 1. The van der Waals surface area contributed by atoms with Crippen LogP contribution < -0.4 is 0 Å². The van der Waals surface area contributed by atoms with Gasteiger partial charge in [0.05, 0.1) is 5.69 Å². The van der Waals surface area contributed by atoms with E-state index in [-0.39, 0.29) is 5.91 Å². The summed E-state index contributed by atoms with van der Waals surface area (Å²) in [6.45, 7) is 4.65. The molecule has 2 fully saturated rings. The Hall–Kier alpha value is -2.18. The quantitative estimate of drug-likeness (QED) is 0.865. The first-order valence-corrected chi connectivity index (χ1v) is 8.66. The zero-order valence-corrected chi connectivity index (χ0v) is 14.4. The molecule has 0 N–H and O–H groups in total. The molecule has 0 bridgehead atoms. The molecule has 2 aromatic rings. The van der Waals surface area contributed by atoms with E-state index in [4.69, 9.17) is 4.52 Å². The number of nitrogens with zero attached hydrogens (tertiary/aromatic N) is 5. The lowest BCUT2D eigenvalue weighted by atomic mass is 9.87. The van der Waals surface area contributed by atoms with Gasteiger partial charge in [-0.25, -0.2) is 0 Å². The first-order valence-electron chi connectivity index (χ1n) is 8.66. The van der Waals surface area contributed by atoms with Gasteiger partial charge in [0.15, 0.2) is 5.82 Å². The summed E-state index contributed by atoms with van der Waals surface area (Å²) in [5, 5.41) is 8.53. The number of amides is 1. The molecule has 0 spiro atoms. The van der Waals surface area contributed by atoms with Gasteiger partial charge in [-0.15, -0.1) is 0 Å². The highest BCUT2D eigenvalue weighted by Crippen LogP contribution is 2.42. The van der Waals surface area contributed by atoms with E-state index in [2.05, 4.69) is 22.2 Å². The highest BCUT2D eigenvalue weighted by molar-refractivity contribution is 5.93. The number of hydrogen-bond donors (Lipinski definition) is 0. The molecule has 1 aliphatic carbocycles. The van der Waals surface area contributed by atoms with E-state index in [1.165, 1.54) is 0 Å². The molecular weight excluding hydrogens is 306 g/mol. The van der Waals surface area contributed by atoms with Crippen LogP contribution in [0.1, 0.15) is 72.8 Å². The standard InChI is InChI=1S/C17H23N5O2/c1-11-10-13(21(3)19-11)15(23)22-9-5-4-8-17(22,2)16-18-14(24-20-16)12-6-7-12/h10,12H,4-9H2,1-3H3. The topological polar surface area (TPSA) is 77.0 Å². The third kappa shape index (κ3) is 2.42. The number of carbonyl (C=O) groups excluding carboxylic acids is 1. The lowest BCUT2D eigenvalue weighted by Crippen LogP contribution is -2.51. The van der Waals surface area contributed by atoms with Crippen molar-refractivity contribution in [2.75, 3.05) is 6.54 Å². The zero-order chi connectivity index (χ0) is 16.9. The molecule has 2 aliphatic rings. The van der Waals surface area contributed by atoms with Crippen LogP contribution in [0.4, 0.5) is 0 Å². The molecule has 4 rings (SSSR count). The van der Waals surface area contributed by atoms with Crippen molar-refractivity contribution in [2.45, 2.75) is 57.4 Å². The van der Waals surface area contributed by atoms with Gasteiger partial charge in [-0.2, -0.15) is 10.1 Å². The normalized spacial score (nSPS) is 24.4. The predicted octanol–water partition coefficient (Wildman–Crippen LogP) is 2.53. The van der Waals surface area contributed by atoms with E-state index in [0.717, 1.165) is 43.7 Å². The minimum atomic E-state index is -0.524. The molecule has 7 nitrogen and oxygen atoms in total. The van der Waals surface area contributed by atoms with Crippen LogP contribution in [0.2, 0.25) is 0 Å². The summed E-state index contributed by atoms with van der Waals surface area (Å²) in [7, 11) is 1.81. The van der Waals surface area contributed by atoms with E-state index < -0.39 is 5.54 Å². The van der Waals surface area contributed by atoms with Gasteiger partial charge in [0.25, 0.3) is 5.91 Å². The van der Waals surface area contributed by atoms with Gasteiger partial charge in [-0.1, -0.05) is 5.16 Å². The van der Waals surface area contributed by atoms with Gasteiger partial charge in [-0.05, 0) is 52.0 Å². The smallest absolute Gasteiger partial charge is 0.272 e. The average Bonchev–Trinajstić information content (AvgIpc) is 3.17. The van der Waals surface area contributed by atoms with Gasteiger partial charge in [0, 0.05) is 19.5 Å². The maximum Gasteiger partial charge on any atom is 0.272 e. The number of piperidine rings is 1. The van der Waals surface area contributed by atoms with Crippen molar-refractivity contribution in [1.82, 2.24) is 24.8 Å². The van der Waals surface area contributed by atoms with Gasteiger partial charge in [0.2, 0.25) is 5.89 Å². The van der Waals surface area contributed by atoms with Crippen LogP contribution in [0.15, 0.2) is 10.6 Å². The van der Waals surface area contributed by atoms with Crippen molar-refractivity contribution >= 4 is 5.91 Å². The molecule has 24 heavy (non-hydrogen) atoms. The Morgan fingerprint density at radius 3 is 2.83 bits per heavy atom. The Kier molecular flexibility index (Phi) is 3.47. The number of aromatic nitrogens is 4. The van der Waals surface area contributed by atoms with Crippen molar-refractivity contribution in [3.63, 3.8) is 0 Å². The molecule has 1 saturated carbocycles. The summed E-state index contributed by atoms with van der Waals surface area (Å²) < 4.78 is 7.10. The minimum absolute atomic E-state index is 0.0157. The SMILES string of the molecule is Cc1cc(C(=O)N2CCCCC2(C)c2noc(C3CC3)n2)n(C)n1. The third-order valence-electron chi connectivity index (χ3n) is 5.21. The molecule has 2 aromatic heterocycles. The second-order valence-electron chi connectivity index (χ2n) is 7.21. The molecule has 1 saturated heterocycles. The minimum Gasteiger partial charge on any atom is -0.339 e. The lowest BCUT2D eigenvalue weighted by Gasteiger charge is -2.42. The Morgan fingerprint density at radius 1 is 1.38 bits per heavy atom. The van der Waals surface area contributed by atoms with Gasteiger partial charge >= 0.3 is 0 Å². The monoisotopic (exact) mass is 329 g/mol.